The van der Waals surface area contributed by atoms with Gasteiger partial charge in [-0.15, -0.1) is 0 Å². The zero-order chi connectivity index (χ0) is 32.2. The van der Waals surface area contributed by atoms with E-state index < -0.39 is 20.8 Å². The van der Waals surface area contributed by atoms with Gasteiger partial charge in [-0.1, -0.05) is 86.1 Å². The lowest BCUT2D eigenvalue weighted by Gasteiger charge is -2.20. The van der Waals surface area contributed by atoms with Crippen molar-refractivity contribution >= 4 is 32.5 Å². The van der Waals surface area contributed by atoms with Gasteiger partial charge in [-0.25, -0.2) is 18.2 Å². The highest BCUT2D eigenvalue weighted by Gasteiger charge is 2.24. The fraction of sp³-hybridized carbons (Fsp3) is 0.297. The van der Waals surface area contributed by atoms with Crippen molar-refractivity contribution in [2.75, 3.05) is 11.6 Å². The number of unbranched alkanes of at least 4 members (excludes halogenated alkanes) is 1. The minimum Gasteiger partial charge on any atom is -0.456 e. The molecule has 0 aliphatic rings. The maximum Gasteiger partial charge on any atom is 0.339 e. The van der Waals surface area contributed by atoms with Gasteiger partial charge in [-0.3, -0.25) is 0 Å². The summed E-state index contributed by atoms with van der Waals surface area (Å²) in [6.07, 6.45) is 4.15. The highest BCUT2D eigenvalue weighted by atomic mass is 32.2. The zero-order valence-corrected chi connectivity index (χ0v) is 27.4. The molecule has 8 heteroatoms. The third-order valence-electron chi connectivity index (χ3n) is 7.56. The van der Waals surface area contributed by atoms with Gasteiger partial charge in [-0.2, -0.15) is 0 Å². The molecule has 0 saturated heterocycles. The van der Waals surface area contributed by atoms with E-state index in [9.17, 15) is 13.2 Å². The van der Waals surface area contributed by atoms with Crippen molar-refractivity contribution in [2.45, 2.75) is 64.5 Å². The molecule has 1 heterocycles. The smallest absolute Gasteiger partial charge is 0.339 e. The summed E-state index contributed by atoms with van der Waals surface area (Å²) < 4.78 is 33.4. The van der Waals surface area contributed by atoms with E-state index in [1.807, 2.05) is 99.6 Å². The highest BCUT2D eigenvalue weighted by Crippen LogP contribution is 2.30. The van der Waals surface area contributed by atoms with E-state index in [0.29, 0.717) is 23.4 Å². The number of hydrogen-bond acceptors (Lipinski definition) is 6. The molecule has 45 heavy (non-hydrogen) atoms. The maximum absolute atomic E-state index is 12.9. The van der Waals surface area contributed by atoms with Crippen LogP contribution >= 0.6 is 0 Å². The van der Waals surface area contributed by atoms with Crippen molar-refractivity contribution in [3.8, 4) is 11.1 Å². The highest BCUT2D eigenvalue weighted by molar-refractivity contribution is 7.91. The first-order chi connectivity index (χ1) is 21.4. The number of carbonyl (C=O) groups is 1. The second-order valence-electron chi connectivity index (χ2n) is 12.4. The molecule has 0 radical (unpaired) electrons. The van der Waals surface area contributed by atoms with Crippen LogP contribution in [0.15, 0.2) is 97.1 Å². The summed E-state index contributed by atoms with van der Waals surface area (Å²) in [5, 5.41) is 2.39. The number of hydrogen-bond donors (Lipinski definition) is 1. The summed E-state index contributed by atoms with van der Waals surface area (Å²) in [7, 11) is -3.44. The molecule has 1 aromatic heterocycles. The average molecular weight is 624 g/mol. The number of benzene rings is 4. The Morgan fingerprint density at radius 1 is 0.933 bits per heavy atom. The van der Waals surface area contributed by atoms with E-state index >= 15 is 0 Å². The molecule has 0 amide bonds. The molecule has 0 saturated carbocycles. The average Bonchev–Trinajstić information content (AvgIpc) is 3.34. The topological polar surface area (TPSA) is 90.3 Å². The Labute approximate surface area is 266 Å². The molecule has 7 nitrogen and oxygen atoms in total. The number of carbonyl (C=O) groups excluding carboxylic acids is 1. The number of rotatable bonds is 11. The number of nitrogens with one attached hydrogen (secondary N) is 1. The molecule has 5 rings (SSSR count). The van der Waals surface area contributed by atoms with Crippen LogP contribution in [-0.4, -0.2) is 35.8 Å². The van der Waals surface area contributed by atoms with Gasteiger partial charge in [0.1, 0.15) is 11.4 Å². The molecule has 4 aromatic carbocycles. The van der Waals surface area contributed by atoms with E-state index in [0.717, 1.165) is 52.8 Å². The molecule has 234 valence electrons. The predicted molar refractivity (Wildman–Crippen MR) is 182 cm³/mol. The number of imidazole rings is 1. The van der Waals surface area contributed by atoms with Gasteiger partial charge in [0.2, 0.25) is 0 Å². The Morgan fingerprint density at radius 2 is 1.62 bits per heavy atom. The number of fused-ring (bicyclic) bond motifs is 1. The Kier molecular flexibility index (Phi) is 9.44. The Hall–Kier alpha value is -4.43. The third kappa shape index (κ3) is 7.81. The van der Waals surface area contributed by atoms with Crippen LogP contribution in [0.4, 0.5) is 5.69 Å². The monoisotopic (exact) mass is 623 g/mol. The summed E-state index contributed by atoms with van der Waals surface area (Å²) in [6.45, 7) is 8.36. The number of sulfone groups is 1. The van der Waals surface area contributed by atoms with Gasteiger partial charge in [0.25, 0.3) is 0 Å². The predicted octanol–water partition coefficient (Wildman–Crippen LogP) is 8.20. The summed E-state index contributed by atoms with van der Waals surface area (Å²) in [5.41, 5.74) is 5.98. The van der Waals surface area contributed by atoms with Crippen LogP contribution in [0.2, 0.25) is 0 Å². The van der Waals surface area contributed by atoms with Gasteiger partial charge in [-0.05, 0) is 73.7 Å². The number of aromatic nitrogens is 2. The molecule has 0 fully saturated rings. The van der Waals surface area contributed by atoms with E-state index in [4.69, 9.17) is 9.72 Å². The van der Waals surface area contributed by atoms with Crippen LogP contribution in [0.3, 0.4) is 0 Å². The summed E-state index contributed by atoms with van der Waals surface area (Å²) in [5.74, 6) is 0.647. The number of ether oxygens (including phenoxy) is 1. The van der Waals surface area contributed by atoms with Crippen LogP contribution in [0.1, 0.15) is 73.2 Å². The lowest BCUT2D eigenvalue weighted by Crippen LogP contribution is -2.24. The van der Waals surface area contributed by atoms with Crippen LogP contribution in [0, 0.1) is 0 Å². The molecule has 0 spiro atoms. The van der Waals surface area contributed by atoms with Gasteiger partial charge in [0, 0.05) is 24.9 Å². The molecule has 0 aliphatic carbocycles. The number of anilines is 1. The number of aryl methyl sites for hydroxylation is 1. The number of esters is 1. The maximum atomic E-state index is 12.9. The van der Waals surface area contributed by atoms with Crippen molar-refractivity contribution < 1.29 is 17.9 Å². The Bertz CT molecular complexity index is 1890. The standard InChI is InChI=1S/C37H41N3O4S/c1-6-7-17-34-39-32-23-22-29(38-35(45(5,42)43)28-13-9-8-10-14-28)24-33(32)40(34)25-26-18-20-27(21-19-26)30-15-11-12-16-31(30)36(41)44-37(2,3)4/h8-16,18-24,35,38H,6-7,17,25H2,1-5H3. The minimum atomic E-state index is -3.44. The van der Waals surface area contributed by atoms with E-state index in [1.54, 1.807) is 6.07 Å². The normalized spacial score (nSPS) is 12.6. The van der Waals surface area contributed by atoms with Crippen molar-refractivity contribution in [1.82, 2.24) is 9.55 Å². The van der Waals surface area contributed by atoms with Gasteiger partial charge >= 0.3 is 5.97 Å². The lowest BCUT2D eigenvalue weighted by molar-refractivity contribution is 0.00704. The second-order valence-corrected chi connectivity index (χ2v) is 14.6. The van der Waals surface area contributed by atoms with Crippen LogP contribution in [0.25, 0.3) is 22.2 Å². The summed E-state index contributed by atoms with van der Waals surface area (Å²) in [4.78, 5) is 17.9. The van der Waals surface area contributed by atoms with E-state index in [1.165, 1.54) is 6.26 Å². The fourth-order valence-corrected chi connectivity index (χ4v) is 6.40. The first kappa shape index (κ1) is 32.0. The third-order valence-corrected chi connectivity index (χ3v) is 8.81. The summed E-state index contributed by atoms with van der Waals surface area (Å²) in [6, 6.07) is 30.8. The van der Waals surface area contributed by atoms with Crippen molar-refractivity contribution in [1.29, 1.82) is 0 Å². The second kappa shape index (κ2) is 13.3. The molecule has 1 atom stereocenters. The fourth-order valence-electron chi connectivity index (χ4n) is 5.40. The van der Waals surface area contributed by atoms with Crippen LogP contribution in [-0.2, 0) is 27.5 Å². The van der Waals surface area contributed by atoms with Crippen LogP contribution in [0.5, 0.6) is 0 Å². The molecular weight excluding hydrogens is 582 g/mol. The van der Waals surface area contributed by atoms with Gasteiger partial charge < -0.3 is 14.6 Å². The van der Waals surface area contributed by atoms with Gasteiger partial charge in [0.05, 0.1) is 16.6 Å². The largest absolute Gasteiger partial charge is 0.456 e. The Morgan fingerprint density at radius 3 is 2.29 bits per heavy atom. The van der Waals surface area contributed by atoms with Crippen LogP contribution < -0.4 is 5.32 Å². The van der Waals surface area contributed by atoms with E-state index in [-0.39, 0.29) is 5.97 Å². The van der Waals surface area contributed by atoms with Gasteiger partial charge in [0.15, 0.2) is 15.2 Å². The molecular formula is C37H41N3O4S. The molecule has 5 aromatic rings. The number of nitrogens with zero attached hydrogens (tertiary/aromatic N) is 2. The lowest BCUT2D eigenvalue weighted by atomic mass is 9.98. The molecule has 1 N–H and O–H groups in total. The Balaban J connectivity index is 1.47. The molecule has 1 unspecified atom stereocenters. The molecule has 0 aliphatic heterocycles. The first-order valence-corrected chi connectivity index (χ1v) is 17.3. The zero-order valence-electron chi connectivity index (χ0n) is 26.6. The molecule has 0 bridgehead atoms. The van der Waals surface area contributed by atoms with E-state index in [2.05, 4.69) is 28.9 Å². The minimum absolute atomic E-state index is 0.345. The van der Waals surface area contributed by atoms with Crippen molar-refractivity contribution in [3.63, 3.8) is 0 Å². The SMILES string of the molecule is CCCCc1nc2ccc(NC(c3ccccc3)S(C)(=O)=O)cc2n1Cc1ccc(-c2ccccc2C(=O)OC(C)(C)C)cc1. The first-order valence-electron chi connectivity index (χ1n) is 15.3. The summed E-state index contributed by atoms with van der Waals surface area (Å²) >= 11 is 0. The quantitative estimate of drug-likeness (QED) is 0.149. The van der Waals surface area contributed by atoms with Crippen molar-refractivity contribution in [2.24, 2.45) is 0 Å². The van der Waals surface area contributed by atoms with Crippen molar-refractivity contribution in [3.05, 3.63) is 120 Å².